The maximum atomic E-state index is 14.4. The summed E-state index contributed by atoms with van der Waals surface area (Å²) in [6, 6.07) is -5.31. The minimum Gasteiger partial charge on any atom is -0.467 e. The van der Waals surface area contributed by atoms with E-state index in [1.165, 1.54) is 0 Å². The Morgan fingerprint density at radius 1 is 0.921 bits per heavy atom. The molecule has 13 heteroatoms. The van der Waals surface area contributed by atoms with Crippen LogP contribution in [0.3, 0.4) is 0 Å². The first kappa shape index (κ1) is 31.2. The second-order valence-electron chi connectivity index (χ2n) is 11.5. The number of methoxy groups -OCH3 is 1. The number of esters is 2. The summed E-state index contributed by atoms with van der Waals surface area (Å²) in [4.78, 5) is 64.7. The molecular weight excluding hydrogens is 510 g/mol. The Bertz CT molecular complexity index is 942. The molecule has 2 aliphatic rings. The summed E-state index contributed by atoms with van der Waals surface area (Å²) in [5.41, 5.74) is -1.84. The lowest BCUT2D eigenvalue weighted by atomic mass is 10.1. The van der Waals surface area contributed by atoms with Crippen LogP contribution in [0.1, 0.15) is 74.1 Å². The summed E-state index contributed by atoms with van der Waals surface area (Å²) in [5, 5.41) is 0. The fraction of sp³-hybridized carbons (Fsp3) is 0.800. The lowest BCUT2D eigenvalue weighted by Crippen LogP contribution is -2.48. The van der Waals surface area contributed by atoms with Crippen molar-refractivity contribution in [3.8, 4) is 0 Å². The van der Waals surface area contributed by atoms with Crippen molar-refractivity contribution in [1.82, 2.24) is 9.80 Å². The third-order valence-corrected chi connectivity index (χ3v) is 6.09. The molecule has 2 aliphatic heterocycles. The van der Waals surface area contributed by atoms with Gasteiger partial charge in [0.15, 0.2) is 5.78 Å². The van der Waals surface area contributed by atoms with Crippen LogP contribution in [0, 0.1) is 0 Å². The van der Waals surface area contributed by atoms with Crippen molar-refractivity contribution in [1.29, 1.82) is 0 Å². The Hall–Kier alpha value is -2.99. The average Bonchev–Trinajstić information content (AvgIpc) is 3.21. The molecule has 0 aromatic carbocycles. The molecule has 38 heavy (non-hydrogen) atoms. The Balaban J connectivity index is 2.06. The molecule has 2 unspecified atom stereocenters. The van der Waals surface area contributed by atoms with Crippen LogP contribution in [-0.2, 0) is 33.3 Å². The molecule has 216 valence electrons. The highest BCUT2D eigenvalue weighted by Gasteiger charge is 2.57. The summed E-state index contributed by atoms with van der Waals surface area (Å²) in [6.45, 7) is 10.5. The molecule has 0 saturated carbocycles. The van der Waals surface area contributed by atoms with Gasteiger partial charge >= 0.3 is 24.1 Å². The summed E-state index contributed by atoms with van der Waals surface area (Å²) < 4.78 is 49.3. The van der Waals surface area contributed by atoms with E-state index in [1.54, 1.807) is 41.5 Å². The van der Waals surface area contributed by atoms with Gasteiger partial charge in [0.1, 0.15) is 23.3 Å². The topological polar surface area (TPSA) is 129 Å². The first-order valence-electron chi connectivity index (χ1n) is 12.5. The van der Waals surface area contributed by atoms with Crippen molar-refractivity contribution in [3.05, 3.63) is 0 Å². The zero-order valence-corrected chi connectivity index (χ0v) is 23.2. The zero-order chi connectivity index (χ0) is 29.2. The van der Waals surface area contributed by atoms with Gasteiger partial charge in [-0.15, -0.1) is 0 Å². The molecule has 0 aromatic heterocycles. The minimum absolute atomic E-state index is 0.0197. The minimum atomic E-state index is -3.33. The van der Waals surface area contributed by atoms with Gasteiger partial charge in [0.2, 0.25) is 0 Å². The van der Waals surface area contributed by atoms with E-state index < -0.39 is 77.6 Å². The molecule has 2 amide bonds. The average molecular weight is 549 g/mol. The van der Waals surface area contributed by atoms with E-state index in [4.69, 9.17) is 18.9 Å². The summed E-state index contributed by atoms with van der Waals surface area (Å²) in [6.07, 6.45) is -3.00. The van der Waals surface area contributed by atoms with Gasteiger partial charge in [-0.25, -0.2) is 28.0 Å². The lowest BCUT2D eigenvalue weighted by molar-refractivity contribution is -0.149. The smallest absolute Gasteiger partial charge is 0.411 e. The summed E-state index contributed by atoms with van der Waals surface area (Å²) in [5.74, 6) is -5.52. The molecule has 0 N–H and O–H groups in total. The van der Waals surface area contributed by atoms with Crippen molar-refractivity contribution in [3.63, 3.8) is 0 Å². The van der Waals surface area contributed by atoms with Crippen LogP contribution in [0.25, 0.3) is 0 Å². The SMILES string of the molecule is COC(=O)C1CC(=O)[C@H](CCCOC(=O)C2CC(F)(F)[C@H](C)N2C(=O)OC(C)(C)C)N1C(=O)OC(C)(C)C. The fourth-order valence-corrected chi connectivity index (χ4v) is 4.34. The van der Waals surface area contributed by atoms with E-state index in [9.17, 15) is 32.8 Å². The van der Waals surface area contributed by atoms with Crippen molar-refractivity contribution in [2.45, 2.75) is 115 Å². The highest BCUT2D eigenvalue weighted by molar-refractivity contribution is 5.98. The first-order chi connectivity index (χ1) is 17.3. The highest BCUT2D eigenvalue weighted by atomic mass is 19.3. The second kappa shape index (κ2) is 11.4. The predicted octanol–water partition coefficient (Wildman–Crippen LogP) is 3.46. The fourth-order valence-electron chi connectivity index (χ4n) is 4.34. The summed E-state index contributed by atoms with van der Waals surface area (Å²) in [7, 11) is 1.14. The maximum absolute atomic E-state index is 14.4. The molecule has 2 fully saturated rings. The standard InChI is InChI=1S/C25H38F2N2O9/c1-14-25(26,27)13-17(28(14)21(33)37-23(2,3)4)20(32)36-11-9-10-15-18(30)12-16(19(31)35-8)29(15)22(34)38-24(5,6)7/h14-17H,9-13H2,1-8H3/t14-,15-,16?,17?/m0/s1. The number of nitrogens with zero attached hydrogens (tertiary/aromatic N) is 2. The zero-order valence-electron chi connectivity index (χ0n) is 23.2. The van der Waals surface area contributed by atoms with Crippen molar-refractivity contribution in [2.75, 3.05) is 13.7 Å². The Labute approximate surface area is 221 Å². The molecule has 0 aromatic rings. The number of ether oxygens (including phenoxy) is 4. The molecule has 0 bridgehead atoms. The van der Waals surface area contributed by atoms with Crippen LogP contribution < -0.4 is 0 Å². The van der Waals surface area contributed by atoms with E-state index in [0.29, 0.717) is 4.90 Å². The molecule has 2 rings (SSSR count). The third-order valence-electron chi connectivity index (χ3n) is 6.09. The molecular formula is C25H38F2N2O9. The number of likely N-dealkylation sites (tertiary alicyclic amines) is 2. The summed E-state index contributed by atoms with van der Waals surface area (Å²) >= 11 is 0. The predicted molar refractivity (Wildman–Crippen MR) is 128 cm³/mol. The van der Waals surface area contributed by atoms with Crippen molar-refractivity contribution >= 4 is 29.9 Å². The molecule has 0 radical (unpaired) electrons. The largest absolute Gasteiger partial charge is 0.467 e. The molecule has 0 aliphatic carbocycles. The normalized spacial score (nSPS) is 25.3. The van der Waals surface area contributed by atoms with Crippen LogP contribution in [0.2, 0.25) is 0 Å². The number of amides is 2. The third kappa shape index (κ3) is 7.53. The Morgan fingerprint density at radius 3 is 1.95 bits per heavy atom. The van der Waals surface area contributed by atoms with E-state index in [2.05, 4.69) is 0 Å². The molecule has 0 spiro atoms. The van der Waals surface area contributed by atoms with Gasteiger partial charge in [-0.1, -0.05) is 0 Å². The van der Waals surface area contributed by atoms with Crippen molar-refractivity contribution in [2.24, 2.45) is 0 Å². The van der Waals surface area contributed by atoms with E-state index in [1.807, 2.05) is 0 Å². The van der Waals surface area contributed by atoms with Gasteiger partial charge < -0.3 is 18.9 Å². The van der Waals surface area contributed by atoms with Gasteiger partial charge in [0.05, 0.1) is 25.8 Å². The number of hydrogen-bond donors (Lipinski definition) is 0. The lowest BCUT2D eigenvalue weighted by Gasteiger charge is -2.31. The highest BCUT2D eigenvalue weighted by Crippen LogP contribution is 2.39. The van der Waals surface area contributed by atoms with E-state index in [0.717, 1.165) is 18.9 Å². The Morgan fingerprint density at radius 2 is 1.45 bits per heavy atom. The number of ketones is 1. The van der Waals surface area contributed by atoms with E-state index in [-0.39, 0.29) is 25.9 Å². The number of carbonyl (C=O) groups is 5. The molecule has 4 atom stereocenters. The van der Waals surface area contributed by atoms with Crippen LogP contribution >= 0.6 is 0 Å². The van der Waals surface area contributed by atoms with Gasteiger partial charge in [0.25, 0.3) is 5.92 Å². The van der Waals surface area contributed by atoms with Crippen molar-refractivity contribution < 1.29 is 51.7 Å². The number of Topliss-reactive ketones (excluding diaryl/α,β-unsaturated/α-hetero) is 1. The number of rotatable bonds is 6. The molecule has 2 heterocycles. The second-order valence-corrected chi connectivity index (χ2v) is 11.5. The van der Waals surface area contributed by atoms with Gasteiger partial charge in [0, 0.05) is 12.8 Å². The van der Waals surface area contributed by atoms with Crippen LogP contribution in [-0.4, -0.2) is 94.7 Å². The molecule has 11 nitrogen and oxygen atoms in total. The number of hydrogen-bond acceptors (Lipinski definition) is 9. The monoisotopic (exact) mass is 548 g/mol. The van der Waals surface area contributed by atoms with Crippen LogP contribution in [0.5, 0.6) is 0 Å². The van der Waals surface area contributed by atoms with Gasteiger partial charge in [-0.05, 0) is 61.3 Å². The number of halogens is 2. The quantitative estimate of drug-likeness (QED) is 0.278. The van der Waals surface area contributed by atoms with Gasteiger partial charge in [-0.3, -0.25) is 14.6 Å². The van der Waals surface area contributed by atoms with Crippen LogP contribution in [0.4, 0.5) is 18.4 Å². The maximum Gasteiger partial charge on any atom is 0.411 e. The van der Waals surface area contributed by atoms with E-state index >= 15 is 0 Å². The first-order valence-corrected chi connectivity index (χ1v) is 12.5. The number of alkyl halides is 2. The van der Waals surface area contributed by atoms with Crippen LogP contribution in [0.15, 0.2) is 0 Å². The molecule has 2 saturated heterocycles. The number of carbonyl (C=O) groups excluding carboxylic acids is 5. The Kier molecular flexibility index (Phi) is 9.37. The van der Waals surface area contributed by atoms with Gasteiger partial charge in [-0.2, -0.15) is 0 Å².